The van der Waals surface area contributed by atoms with Gasteiger partial charge in [0.25, 0.3) is 0 Å². The van der Waals surface area contributed by atoms with E-state index in [0.29, 0.717) is 0 Å². The van der Waals surface area contributed by atoms with Gasteiger partial charge in [-0.3, -0.25) is 9.48 Å². The number of carbonyl (C=O) groups excluding carboxylic acids is 1. The van der Waals surface area contributed by atoms with Crippen molar-refractivity contribution in [3.8, 4) is 0 Å². The molecule has 1 atom stereocenters. The number of nitrogens with zero attached hydrogens (tertiary/aromatic N) is 3. The number of hydrogen-bond acceptors (Lipinski definition) is 2. The van der Waals surface area contributed by atoms with Gasteiger partial charge >= 0.3 is 0 Å². The second-order valence-corrected chi connectivity index (χ2v) is 2.89. The van der Waals surface area contributed by atoms with E-state index in [1.165, 1.54) is 0 Å². The van der Waals surface area contributed by atoms with Gasteiger partial charge in [0.05, 0.1) is 0 Å². The zero-order valence-corrected chi connectivity index (χ0v) is 7.56. The van der Waals surface area contributed by atoms with Crippen LogP contribution >= 0.6 is 0 Å². The average Bonchev–Trinajstić information content (AvgIpc) is 2.53. The quantitative estimate of drug-likeness (QED) is 0.644. The number of hydrogen-bond donors (Lipinski definition) is 0. The monoisotopic (exact) mass is 167 g/mol. The summed E-state index contributed by atoms with van der Waals surface area (Å²) >= 11 is 0. The lowest BCUT2D eigenvalue weighted by Crippen LogP contribution is -2.30. The van der Waals surface area contributed by atoms with E-state index in [2.05, 4.69) is 5.10 Å². The summed E-state index contributed by atoms with van der Waals surface area (Å²) in [6.45, 7) is 1.83. The molecule has 0 N–H and O–H groups in total. The van der Waals surface area contributed by atoms with Crippen molar-refractivity contribution in [3.63, 3.8) is 0 Å². The summed E-state index contributed by atoms with van der Waals surface area (Å²) < 4.78 is 1.64. The van der Waals surface area contributed by atoms with E-state index >= 15 is 0 Å². The maximum atomic E-state index is 11.4. The Labute approximate surface area is 71.8 Å². The van der Waals surface area contributed by atoms with Crippen LogP contribution < -0.4 is 0 Å². The van der Waals surface area contributed by atoms with Gasteiger partial charge in [0, 0.05) is 26.5 Å². The highest BCUT2D eigenvalue weighted by atomic mass is 16.2. The lowest BCUT2D eigenvalue weighted by molar-refractivity contribution is -0.131. The fourth-order valence-corrected chi connectivity index (χ4v) is 0.997. The Morgan fingerprint density at radius 2 is 2.25 bits per heavy atom. The molecule has 1 unspecified atom stereocenters. The largest absolute Gasteiger partial charge is 0.347 e. The molecule has 4 nitrogen and oxygen atoms in total. The van der Waals surface area contributed by atoms with Crippen LogP contribution in [-0.4, -0.2) is 34.7 Å². The van der Waals surface area contributed by atoms with Gasteiger partial charge < -0.3 is 4.90 Å². The van der Waals surface area contributed by atoms with Crippen LogP contribution in [0.5, 0.6) is 0 Å². The summed E-state index contributed by atoms with van der Waals surface area (Å²) in [5, 5.41) is 3.99. The summed E-state index contributed by atoms with van der Waals surface area (Å²) in [7, 11) is 3.48. The first-order valence-corrected chi connectivity index (χ1v) is 3.83. The van der Waals surface area contributed by atoms with E-state index in [0.717, 1.165) is 0 Å². The molecule has 0 aliphatic carbocycles. The van der Waals surface area contributed by atoms with E-state index in [9.17, 15) is 4.79 Å². The Morgan fingerprint density at radius 3 is 2.67 bits per heavy atom. The van der Waals surface area contributed by atoms with Gasteiger partial charge in [-0.05, 0) is 13.0 Å². The number of carbonyl (C=O) groups is 1. The van der Waals surface area contributed by atoms with Crippen molar-refractivity contribution in [1.29, 1.82) is 0 Å². The Balaban J connectivity index is 2.72. The van der Waals surface area contributed by atoms with Crippen molar-refractivity contribution in [2.45, 2.75) is 13.0 Å². The predicted molar refractivity (Wildman–Crippen MR) is 45.6 cm³/mol. The number of likely N-dealkylation sites (N-methyl/N-ethyl adjacent to an activating group) is 1. The maximum absolute atomic E-state index is 11.4. The Hall–Kier alpha value is -1.32. The molecule has 0 aliphatic heterocycles. The standard InChI is InChI=1S/C8H13N3O/c1-7(8(12)10(2)3)11-6-4-5-9-11/h4-7H,1-3H3. The first-order chi connectivity index (χ1) is 5.63. The second-order valence-electron chi connectivity index (χ2n) is 2.89. The predicted octanol–water partition coefficient (Wildman–Crippen LogP) is 0.532. The van der Waals surface area contributed by atoms with Crippen molar-refractivity contribution < 1.29 is 4.79 Å². The Morgan fingerprint density at radius 1 is 1.58 bits per heavy atom. The molecule has 12 heavy (non-hydrogen) atoms. The molecule has 1 aromatic rings. The first-order valence-electron chi connectivity index (χ1n) is 3.83. The van der Waals surface area contributed by atoms with Crippen molar-refractivity contribution in [2.24, 2.45) is 0 Å². The molecule has 1 rings (SSSR count). The Kier molecular flexibility index (Phi) is 2.47. The molecule has 0 spiro atoms. The first kappa shape index (κ1) is 8.77. The molecule has 0 saturated heterocycles. The van der Waals surface area contributed by atoms with Gasteiger partial charge in [0.15, 0.2) is 0 Å². The van der Waals surface area contributed by atoms with E-state index in [-0.39, 0.29) is 11.9 Å². The smallest absolute Gasteiger partial charge is 0.246 e. The zero-order valence-electron chi connectivity index (χ0n) is 7.56. The van der Waals surface area contributed by atoms with Crippen molar-refractivity contribution >= 4 is 5.91 Å². The topological polar surface area (TPSA) is 38.1 Å². The third-order valence-corrected chi connectivity index (χ3v) is 1.72. The van der Waals surface area contributed by atoms with Crippen LogP contribution in [0.4, 0.5) is 0 Å². The van der Waals surface area contributed by atoms with Crippen LogP contribution in [0.3, 0.4) is 0 Å². The number of aromatic nitrogens is 2. The molecule has 0 radical (unpaired) electrons. The number of amides is 1. The lowest BCUT2D eigenvalue weighted by Gasteiger charge is -2.16. The molecule has 0 fully saturated rings. The van der Waals surface area contributed by atoms with Crippen molar-refractivity contribution in [1.82, 2.24) is 14.7 Å². The molecule has 4 heteroatoms. The maximum Gasteiger partial charge on any atom is 0.246 e. The summed E-state index contributed by atoms with van der Waals surface area (Å²) in [4.78, 5) is 13.0. The number of rotatable bonds is 2. The second kappa shape index (κ2) is 3.38. The van der Waals surface area contributed by atoms with Crippen molar-refractivity contribution in [2.75, 3.05) is 14.1 Å². The molecule has 1 amide bonds. The van der Waals surface area contributed by atoms with E-state index in [1.807, 2.05) is 6.92 Å². The van der Waals surface area contributed by atoms with Gasteiger partial charge in [0.2, 0.25) is 5.91 Å². The molecule has 1 heterocycles. The van der Waals surface area contributed by atoms with Gasteiger partial charge in [-0.25, -0.2) is 0 Å². The van der Waals surface area contributed by atoms with Crippen LogP contribution in [0.15, 0.2) is 18.5 Å². The van der Waals surface area contributed by atoms with Crippen LogP contribution in [0.2, 0.25) is 0 Å². The lowest BCUT2D eigenvalue weighted by atomic mass is 10.3. The summed E-state index contributed by atoms with van der Waals surface area (Å²) in [6.07, 6.45) is 3.45. The summed E-state index contributed by atoms with van der Waals surface area (Å²) in [5.74, 6) is 0.0544. The molecule has 0 aromatic carbocycles. The molecular formula is C8H13N3O. The van der Waals surface area contributed by atoms with Crippen LogP contribution in [0.25, 0.3) is 0 Å². The highest BCUT2D eigenvalue weighted by Gasteiger charge is 2.15. The third kappa shape index (κ3) is 1.64. The minimum Gasteiger partial charge on any atom is -0.347 e. The molecule has 0 bridgehead atoms. The minimum atomic E-state index is -0.213. The van der Waals surface area contributed by atoms with Crippen molar-refractivity contribution in [3.05, 3.63) is 18.5 Å². The van der Waals surface area contributed by atoms with Gasteiger partial charge in [-0.15, -0.1) is 0 Å². The fraction of sp³-hybridized carbons (Fsp3) is 0.500. The highest BCUT2D eigenvalue weighted by molar-refractivity contribution is 5.79. The molecule has 0 aliphatic rings. The Bertz CT molecular complexity index is 253. The fourth-order valence-electron chi connectivity index (χ4n) is 0.997. The highest BCUT2D eigenvalue weighted by Crippen LogP contribution is 2.05. The summed E-state index contributed by atoms with van der Waals surface area (Å²) in [6, 6.07) is 1.59. The summed E-state index contributed by atoms with van der Waals surface area (Å²) in [5.41, 5.74) is 0. The molecule has 66 valence electrons. The normalized spacial score (nSPS) is 12.6. The average molecular weight is 167 g/mol. The third-order valence-electron chi connectivity index (χ3n) is 1.72. The molecule has 1 aromatic heterocycles. The van der Waals surface area contributed by atoms with Crippen LogP contribution in [-0.2, 0) is 4.79 Å². The molecular weight excluding hydrogens is 154 g/mol. The van der Waals surface area contributed by atoms with Crippen LogP contribution in [0.1, 0.15) is 13.0 Å². The minimum absolute atomic E-state index is 0.0544. The van der Waals surface area contributed by atoms with E-state index < -0.39 is 0 Å². The SMILES string of the molecule is CC(C(=O)N(C)C)n1cccn1. The van der Waals surface area contributed by atoms with E-state index in [1.54, 1.807) is 42.1 Å². The van der Waals surface area contributed by atoms with E-state index in [4.69, 9.17) is 0 Å². The van der Waals surface area contributed by atoms with Crippen LogP contribution in [0, 0.1) is 0 Å². The van der Waals surface area contributed by atoms with Gasteiger partial charge in [-0.1, -0.05) is 0 Å². The zero-order chi connectivity index (χ0) is 9.14. The molecule has 0 saturated carbocycles. The van der Waals surface area contributed by atoms with Gasteiger partial charge in [0.1, 0.15) is 6.04 Å². The van der Waals surface area contributed by atoms with Gasteiger partial charge in [-0.2, -0.15) is 5.10 Å².